The number of aliphatic hydroxyl groups excluding tert-OH is 1. The van der Waals surface area contributed by atoms with Crippen LogP contribution < -0.4 is 0 Å². The van der Waals surface area contributed by atoms with E-state index in [1.54, 1.807) is 0 Å². The zero-order valence-electron chi connectivity index (χ0n) is 11.3. The Labute approximate surface area is 111 Å². The number of phenolic OH excluding ortho intramolecular Hbond substituents is 4. The molecule has 0 saturated heterocycles. The van der Waals surface area contributed by atoms with Gasteiger partial charge in [-0.25, -0.2) is 0 Å². The first-order chi connectivity index (χ1) is 8.66. The summed E-state index contributed by atoms with van der Waals surface area (Å²) >= 11 is 0. The topological polar surface area (TPSA) is 101 Å². The van der Waals surface area contributed by atoms with E-state index in [4.69, 9.17) is 0 Å². The first kappa shape index (κ1) is 13.8. The Morgan fingerprint density at radius 2 is 1.42 bits per heavy atom. The normalized spacial score (nSPS) is 23.2. The minimum atomic E-state index is -0.736. The number of aliphatic hydroxyl groups is 1. The van der Waals surface area contributed by atoms with Crippen LogP contribution in [0.2, 0.25) is 0 Å². The molecule has 106 valence electrons. The molecule has 0 saturated carbocycles. The van der Waals surface area contributed by atoms with E-state index in [0.29, 0.717) is 24.0 Å². The average Bonchev–Trinajstić information content (AvgIpc) is 2.31. The van der Waals surface area contributed by atoms with Gasteiger partial charge in [-0.3, -0.25) is 0 Å². The second-order valence-electron chi connectivity index (χ2n) is 6.24. The van der Waals surface area contributed by atoms with Gasteiger partial charge in [0.1, 0.15) is 0 Å². The lowest BCUT2D eigenvalue weighted by atomic mass is 9.67. The molecule has 0 bridgehead atoms. The van der Waals surface area contributed by atoms with Crippen molar-refractivity contribution in [3.8, 4) is 23.0 Å². The van der Waals surface area contributed by atoms with E-state index in [1.165, 1.54) is 0 Å². The molecule has 1 aliphatic rings. The lowest BCUT2D eigenvalue weighted by Crippen LogP contribution is -2.34. The number of rotatable bonds is 0. The monoisotopic (exact) mass is 268 g/mol. The van der Waals surface area contributed by atoms with Gasteiger partial charge >= 0.3 is 0 Å². The van der Waals surface area contributed by atoms with E-state index in [2.05, 4.69) is 0 Å². The van der Waals surface area contributed by atoms with Gasteiger partial charge in [0.2, 0.25) is 11.5 Å². The van der Waals surface area contributed by atoms with Crippen molar-refractivity contribution in [3.63, 3.8) is 0 Å². The molecule has 2 unspecified atom stereocenters. The Morgan fingerprint density at radius 3 is 1.95 bits per heavy atom. The summed E-state index contributed by atoms with van der Waals surface area (Å²) in [6.07, 6.45) is 0.115. The first-order valence-electron chi connectivity index (χ1n) is 6.33. The molecule has 1 aromatic carbocycles. The van der Waals surface area contributed by atoms with E-state index in [9.17, 15) is 25.5 Å². The summed E-state index contributed by atoms with van der Waals surface area (Å²) < 4.78 is 0. The van der Waals surface area contributed by atoms with E-state index >= 15 is 0 Å². The number of hydrogen-bond acceptors (Lipinski definition) is 5. The van der Waals surface area contributed by atoms with Crippen molar-refractivity contribution in [1.29, 1.82) is 0 Å². The van der Waals surface area contributed by atoms with Crippen molar-refractivity contribution in [1.82, 2.24) is 0 Å². The number of hydrogen-bond donors (Lipinski definition) is 5. The summed E-state index contributed by atoms with van der Waals surface area (Å²) in [5.41, 5.74) is 0.374. The molecule has 0 heterocycles. The smallest absolute Gasteiger partial charge is 0.204 e. The minimum absolute atomic E-state index is 0.332. The zero-order valence-corrected chi connectivity index (χ0v) is 11.3. The van der Waals surface area contributed by atoms with Crippen LogP contribution in [0, 0.1) is 5.41 Å². The summed E-state index contributed by atoms with van der Waals surface area (Å²) in [5.74, 6) is -2.73. The van der Waals surface area contributed by atoms with Gasteiger partial charge in [-0.1, -0.05) is 20.8 Å². The predicted octanol–water partition coefficient (Wildman–Crippen LogP) is 1.95. The maximum absolute atomic E-state index is 10.2. The molecule has 0 fully saturated rings. The molecule has 1 aliphatic carbocycles. The number of fused-ring (bicyclic) bond motifs is 1. The van der Waals surface area contributed by atoms with Crippen LogP contribution >= 0.6 is 0 Å². The Kier molecular flexibility index (Phi) is 3.05. The van der Waals surface area contributed by atoms with E-state index in [0.717, 1.165) is 0 Å². The largest absolute Gasteiger partial charge is 0.504 e. The Morgan fingerprint density at radius 1 is 0.895 bits per heavy atom. The van der Waals surface area contributed by atoms with Crippen molar-refractivity contribution in [2.75, 3.05) is 0 Å². The SMILES string of the molecule is CC(C)(C)C1c2c(O)c(O)c(O)c(O)c2CCC1O. The van der Waals surface area contributed by atoms with Crippen LogP contribution in [0.5, 0.6) is 23.0 Å². The maximum atomic E-state index is 10.2. The molecule has 0 aliphatic heterocycles. The third-order valence-corrected chi connectivity index (χ3v) is 3.86. The molecule has 5 N–H and O–H groups in total. The summed E-state index contributed by atoms with van der Waals surface area (Å²) in [7, 11) is 0. The molecule has 0 spiro atoms. The number of benzene rings is 1. The van der Waals surface area contributed by atoms with Crippen LogP contribution in [-0.2, 0) is 6.42 Å². The predicted molar refractivity (Wildman–Crippen MR) is 69.6 cm³/mol. The Hall–Kier alpha value is -1.62. The Bertz CT molecular complexity index is 516. The highest BCUT2D eigenvalue weighted by Gasteiger charge is 2.41. The quantitative estimate of drug-likeness (QED) is 0.366. The summed E-state index contributed by atoms with van der Waals surface area (Å²) in [6.45, 7) is 5.74. The van der Waals surface area contributed by atoms with Crippen molar-refractivity contribution < 1.29 is 25.5 Å². The fraction of sp³-hybridized carbons (Fsp3) is 0.571. The highest BCUT2D eigenvalue weighted by Crippen LogP contribution is 2.55. The lowest BCUT2D eigenvalue weighted by Gasteiger charge is -2.40. The third-order valence-electron chi connectivity index (χ3n) is 3.86. The molecule has 2 rings (SSSR count). The van der Waals surface area contributed by atoms with Gasteiger partial charge in [0.15, 0.2) is 11.5 Å². The summed E-state index contributed by atoms with van der Waals surface area (Å²) in [6, 6.07) is 0. The molecule has 5 heteroatoms. The van der Waals surface area contributed by atoms with Crippen LogP contribution in [0.1, 0.15) is 44.2 Å². The second-order valence-corrected chi connectivity index (χ2v) is 6.24. The molecule has 0 radical (unpaired) electrons. The van der Waals surface area contributed by atoms with Crippen LogP contribution in [0.25, 0.3) is 0 Å². The summed E-state index contributed by atoms with van der Waals surface area (Å²) in [4.78, 5) is 0. The molecule has 1 aromatic rings. The molecular weight excluding hydrogens is 248 g/mol. The highest BCUT2D eigenvalue weighted by molar-refractivity contribution is 5.66. The average molecular weight is 268 g/mol. The molecular formula is C14H20O5. The van der Waals surface area contributed by atoms with Gasteiger partial charge in [-0.05, 0) is 18.3 Å². The van der Waals surface area contributed by atoms with Gasteiger partial charge in [-0.2, -0.15) is 0 Å². The van der Waals surface area contributed by atoms with Crippen LogP contribution in [0.4, 0.5) is 0 Å². The lowest BCUT2D eigenvalue weighted by molar-refractivity contribution is 0.0721. The molecule has 0 aromatic heterocycles. The first-order valence-corrected chi connectivity index (χ1v) is 6.33. The van der Waals surface area contributed by atoms with Gasteiger partial charge in [0.25, 0.3) is 0 Å². The Balaban J connectivity index is 2.76. The van der Waals surface area contributed by atoms with Crippen LogP contribution in [0.15, 0.2) is 0 Å². The number of aromatic hydroxyl groups is 4. The summed E-state index contributed by atoms with van der Waals surface area (Å²) in [5, 5.41) is 49.4. The van der Waals surface area contributed by atoms with Crippen LogP contribution in [0.3, 0.4) is 0 Å². The van der Waals surface area contributed by atoms with Crippen LogP contribution in [-0.4, -0.2) is 31.6 Å². The van der Waals surface area contributed by atoms with E-state index < -0.39 is 35.0 Å². The second kappa shape index (κ2) is 4.20. The van der Waals surface area contributed by atoms with Crippen molar-refractivity contribution >= 4 is 0 Å². The minimum Gasteiger partial charge on any atom is -0.504 e. The van der Waals surface area contributed by atoms with Gasteiger partial charge in [0, 0.05) is 17.0 Å². The van der Waals surface area contributed by atoms with Crippen molar-refractivity contribution in [3.05, 3.63) is 11.1 Å². The molecule has 2 atom stereocenters. The fourth-order valence-electron chi connectivity index (χ4n) is 3.01. The van der Waals surface area contributed by atoms with Crippen molar-refractivity contribution in [2.45, 2.75) is 45.6 Å². The van der Waals surface area contributed by atoms with Gasteiger partial charge in [-0.15, -0.1) is 0 Å². The van der Waals surface area contributed by atoms with Crippen molar-refractivity contribution in [2.24, 2.45) is 5.41 Å². The van der Waals surface area contributed by atoms with E-state index in [1.807, 2.05) is 20.8 Å². The van der Waals surface area contributed by atoms with Gasteiger partial charge in [0.05, 0.1) is 6.10 Å². The van der Waals surface area contributed by atoms with Gasteiger partial charge < -0.3 is 25.5 Å². The third kappa shape index (κ3) is 1.98. The van der Waals surface area contributed by atoms with E-state index in [-0.39, 0.29) is 5.41 Å². The molecule has 5 nitrogen and oxygen atoms in total. The standard InChI is InChI=1S/C14H20O5/c1-14(2,3)9-7(15)5-4-6-8(9)11(17)13(19)12(18)10(6)16/h7,9,15-19H,4-5H2,1-3H3. The molecule has 0 amide bonds. The maximum Gasteiger partial charge on any atom is 0.204 e. The fourth-order valence-corrected chi connectivity index (χ4v) is 3.01. The molecule has 19 heavy (non-hydrogen) atoms. The number of phenols is 4. The zero-order chi connectivity index (χ0) is 14.5. The highest BCUT2D eigenvalue weighted by atomic mass is 16.3.